The first-order valence-corrected chi connectivity index (χ1v) is 14.9. The van der Waals surface area contributed by atoms with Crippen molar-refractivity contribution in [3.8, 4) is 0 Å². The van der Waals surface area contributed by atoms with E-state index in [4.69, 9.17) is 24.7 Å². The molecule has 9 nitrogen and oxygen atoms in total. The molecule has 3 N–H and O–H groups in total. The molecular formula is C28H58N4O5. The zero-order valence-corrected chi connectivity index (χ0v) is 24.1. The minimum absolute atomic E-state index is 0.0515. The molecule has 0 aromatic heterocycles. The van der Waals surface area contributed by atoms with Gasteiger partial charge in [-0.3, -0.25) is 9.69 Å². The van der Waals surface area contributed by atoms with Gasteiger partial charge in [-0.1, -0.05) is 46.0 Å². The molecule has 0 radical (unpaired) electrons. The molecule has 1 heterocycles. The van der Waals surface area contributed by atoms with Gasteiger partial charge in [-0.2, -0.15) is 0 Å². The van der Waals surface area contributed by atoms with Gasteiger partial charge in [0.05, 0.1) is 52.9 Å². The molecule has 0 aromatic carbocycles. The number of hydrogen-bond acceptors (Lipinski definition) is 8. The van der Waals surface area contributed by atoms with Crippen LogP contribution in [0.5, 0.6) is 0 Å². The zero-order valence-electron chi connectivity index (χ0n) is 24.1. The van der Waals surface area contributed by atoms with Gasteiger partial charge < -0.3 is 34.9 Å². The lowest BCUT2D eigenvalue weighted by molar-refractivity contribution is -0.122. The third-order valence-electron chi connectivity index (χ3n) is 6.77. The average molecular weight is 531 g/mol. The Morgan fingerprint density at radius 3 is 1.89 bits per heavy atom. The maximum absolute atomic E-state index is 12.1. The molecule has 1 aliphatic heterocycles. The van der Waals surface area contributed by atoms with Gasteiger partial charge in [0.25, 0.3) is 0 Å². The second-order valence-corrected chi connectivity index (χ2v) is 9.98. The van der Waals surface area contributed by atoms with E-state index in [1.165, 1.54) is 51.5 Å². The number of rotatable bonds is 26. The molecule has 1 amide bonds. The number of nitrogens with zero attached hydrogens (tertiary/aromatic N) is 2. The monoisotopic (exact) mass is 530 g/mol. The van der Waals surface area contributed by atoms with Crippen LogP contribution in [-0.2, 0) is 23.7 Å². The van der Waals surface area contributed by atoms with E-state index in [-0.39, 0.29) is 5.91 Å². The van der Waals surface area contributed by atoms with Gasteiger partial charge >= 0.3 is 0 Å². The molecule has 1 aliphatic rings. The summed E-state index contributed by atoms with van der Waals surface area (Å²) in [6.07, 6.45) is 9.87. The lowest BCUT2D eigenvalue weighted by Crippen LogP contribution is -2.49. The number of ether oxygens (including phenoxy) is 4. The number of piperazine rings is 1. The minimum Gasteiger partial charge on any atom is -0.379 e. The predicted octanol–water partition coefficient (Wildman–Crippen LogP) is 2.52. The van der Waals surface area contributed by atoms with E-state index in [0.29, 0.717) is 72.4 Å². The molecule has 220 valence electrons. The molecule has 37 heavy (non-hydrogen) atoms. The Morgan fingerprint density at radius 2 is 1.30 bits per heavy atom. The number of carbonyl (C=O) groups is 1. The van der Waals surface area contributed by atoms with Crippen molar-refractivity contribution < 1.29 is 23.7 Å². The third kappa shape index (κ3) is 20.8. The van der Waals surface area contributed by atoms with Crippen LogP contribution in [0.4, 0.5) is 0 Å². The normalized spacial score (nSPS) is 15.8. The van der Waals surface area contributed by atoms with Gasteiger partial charge in [0.15, 0.2) is 0 Å². The summed E-state index contributed by atoms with van der Waals surface area (Å²) in [7, 11) is 0. The fourth-order valence-corrected chi connectivity index (χ4v) is 4.52. The van der Waals surface area contributed by atoms with Gasteiger partial charge in [0, 0.05) is 58.8 Å². The van der Waals surface area contributed by atoms with E-state index in [1.54, 1.807) is 0 Å². The SMILES string of the molecule is CCCCCC(CCCC)CN1CCN(CCNC(=O)CCOCCOCCOCCOCCN)CC1. The summed E-state index contributed by atoms with van der Waals surface area (Å²) in [6.45, 7) is 16.6. The number of hydrogen-bond donors (Lipinski definition) is 2. The number of carbonyl (C=O) groups excluding carboxylic acids is 1. The summed E-state index contributed by atoms with van der Waals surface area (Å²) in [4.78, 5) is 17.2. The van der Waals surface area contributed by atoms with E-state index >= 15 is 0 Å². The smallest absolute Gasteiger partial charge is 0.222 e. The second-order valence-electron chi connectivity index (χ2n) is 9.98. The van der Waals surface area contributed by atoms with E-state index in [2.05, 4.69) is 29.0 Å². The Bertz CT molecular complexity index is 507. The average Bonchev–Trinajstić information content (AvgIpc) is 2.91. The maximum atomic E-state index is 12.1. The summed E-state index contributed by atoms with van der Waals surface area (Å²) >= 11 is 0. The molecule has 0 aromatic rings. The molecule has 0 aliphatic carbocycles. The zero-order chi connectivity index (χ0) is 26.8. The summed E-state index contributed by atoms with van der Waals surface area (Å²) in [6, 6.07) is 0. The van der Waals surface area contributed by atoms with Gasteiger partial charge in [0.1, 0.15) is 0 Å². The summed E-state index contributed by atoms with van der Waals surface area (Å²) in [5.74, 6) is 0.910. The third-order valence-corrected chi connectivity index (χ3v) is 6.77. The van der Waals surface area contributed by atoms with E-state index in [0.717, 1.165) is 38.6 Å². The van der Waals surface area contributed by atoms with Crippen molar-refractivity contribution in [3.63, 3.8) is 0 Å². The molecule has 0 saturated carbocycles. The standard InChI is InChI=1S/C28H58N4O5/c1-3-5-7-9-27(8-6-4-2)26-32-16-14-31(15-17-32)13-12-30-28(33)10-18-34-20-22-36-24-25-37-23-21-35-19-11-29/h27H,3-26,29H2,1-2H3,(H,30,33). The van der Waals surface area contributed by atoms with E-state index in [1.807, 2.05) is 0 Å². The van der Waals surface area contributed by atoms with Crippen molar-refractivity contribution in [1.29, 1.82) is 0 Å². The molecule has 9 heteroatoms. The van der Waals surface area contributed by atoms with Crippen LogP contribution in [-0.4, -0.2) is 121 Å². The van der Waals surface area contributed by atoms with Gasteiger partial charge in [-0.15, -0.1) is 0 Å². The van der Waals surface area contributed by atoms with Gasteiger partial charge in [-0.05, 0) is 18.8 Å². The number of nitrogens with two attached hydrogens (primary N) is 1. The molecule has 1 saturated heterocycles. The van der Waals surface area contributed by atoms with Crippen molar-refractivity contribution in [2.75, 3.05) is 105 Å². The van der Waals surface area contributed by atoms with Crippen LogP contribution in [0.15, 0.2) is 0 Å². The van der Waals surface area contributed by atoms with Crippen LogP contribution < -0.4 is 11.1 Å². The van der Waals surface area contributed by atoms with E-state index < -0.39 is 0 Å². The number of unbranched alkanes of at least 4 members (excludes halogenated alkanes) is 3. The van der Waals surface area contributed by atoms with Crippen molar-refractivity contribution in [2.24, 2.45) is 11.7 Å². The highest BCUT2D eigenvalue weighted by Gasteiger charge is 2.20. The van der Waals surface area contributed by atoms with Gasteiger partial charge in [0.2, 0.25) is 5.91 Å². The fourth-order valence-electron chi connectivity index (χ4n) is 4.52. The quantitative estimate of drug-likeness (QED) is 0.165. The largest absolute Gasteiger partial charge is 0.379 e. The summed E-state index contributed by atoms with van der Waals surface area (Å²) < 4.78 is 21.5. The van der Waals surface area contributed by atoms with Crippen LogP contribution in [0.3, 0.4) is 0 Å². The Hall–Kier alpha value is -0.810. The van der Waals surface area contributed by atoms with Crippen molar-refractivity contribution >= 4 is 5.91 Å². The fraction of sp³-hybridized carbons (Fsp3) is 0.964. The van der Waals surface area contributed by atoms with Crippen LogP contribution in [0.1, 0.15) is 65.2 Å². The molecule has 0 spiro atoms. The minimum atomic E-state index is 0.0515. The lowest BCUT2D eigenvalue weighted by atomic mass is 9.94. The number of nitrogens with one attached hydrogen (secondary N) is 1. The van der Waals surface area contributed by atoms with E-state index in [9.17, 15) is 4.79 Å². The predicted molar refractivity (Wildman–Crippen MR) is 150 cm³/mol. The summed E-state index contributed by atoms with van der Waals surface area (Å²) in [5.41, 5.74) is 5.34. The van der Waals surface area contributed by atoms with Crippen LogP contribution in [0.2, 0.25) is 0 Å². The molecule has 1 atom stereocenters. The summed E-state index contributed by atoms with van der Waals surface area (Å²) in [5, 5.41) is 3.03. The maximum Gasteiger partial charge on any atom is 0.222 e. The molecular weight excluding hydrogens is 472 g/mol. The van der Waals surface area contributed by atoms with Crippen molar-refractivity contribution in [1.82, 2.24) is 15.1 Å². The Labute approximate surface area is 227 Å². The molecule has 1 fully saturated rings. The highest BCUT2D eigenvalue weighted by Crippen LogP contribution is 2.19. The van der Waals surface area contributed by atoms with Gasteiger partial charge in [-0.25, -0.2) is 0 Å². The first kappa shape index (κ1) is 34.2. The first-order valence-electron chi connectivity index (χ1n) is 14.9. The molecule has 0 bridgehead atoms. The second kappa shape index (κ2) is 25.5. The number of amides is 1. The highest BCUT2D eigenvalue weighted by atomic mass is 16.6. The molecule has 1 rings (SSSR count). The highest BCUT2D eigenvalue weighted by molar-refractivity contribution is 5.75. The van der Waals surface area contributed by atoms with Crippen molar-refractivity contribution in [3.05, 3.63) is 0 Å². The lowest BCUT2D eigenvalue weighted by Gasteiger charge is -2.36. The Balaban J connectivity index is 1.95. The Kier molecular flexibility index (Phi) is 23.6. The Morgan fingerprint density at radius 1 is 0.757 bits per heavy atom. The van der Waals surface area contributed by atoms with Crippen LogP contribution in [0.25, 0.3) is 0 Å². The first-order chi connectivity index (χ1) is 18.2. The van der Waals surface area contributed by atoms with Crippen LogP contribution >= 0.6 is 0 Å². The van der Waals surface area contributed by atoms with Crippen LogP contribution in [0, 0.1) is 5.92 Å². The van der Waals surface area contributed by atoms with Crippen molar-refractivity contribution in [2.45, 2.75) is 65.2 Å². The molecule has 1 unspecified atom stereocenters. The topological polar surface area (TPSA) is 98.5 Å².